The first-order valence-corrected chi connectivity index (χ1v) is 9.64. The molecule has 6 atom stereocenters. The molecule has 2 bridgehead atoms. The summed E-state index contributed by atoms with van der Waals surface area (Å²) in [4.78, 5) is 15.5. The van der Waals surface area contributed by atoms with Crippen LogP contribution in [0.15, 0.2) is 36.4 Å². The van der Waals surface area contributed by atoms with Gasteiger partial charge in [-0.1, -0.05) is 37.3 Å². The van der Waals surface area contributed by atoms with Gasteiger partial charge in [-0.3, -0.25) is 14.9 Å². The summed E-state index contributed by atoms with van der Waals surface area (Å²) < 4.78 is 5.25. The summed E-state index contributed by atoms with van der Waals surface area (Å²) in [6, 6.07) is 8.56. The highest BCUT2D eigenvalue weighted by atomic mass is 16.5. The van der Waals surface area contributed by atoms with Crippen molar-refractivity contribution < 1.29 is 14.7 Å². The summed E-state index contributed by atoms with van der Waals surface area (Å²) in [5, 5.41) is 13.0. The van der Waals surface area contributed by atoms with E-state index >= 15 is 0 Å². The Kier molecular flexibility index (Phi) is 2.54. The van der Waals surface area contributed by atoms with E-state index in [0.717, 1.165) is 31.6 Å². The van der Waals surface area contributed by atoms with Crippen molar-refractivity contribution in [1.29, 1.82) is 0 Å². The molecular weight excluding hydrogens is 328 g/mol. The molecule has 3 fully saturated rings. The van der Waals surface area contributed by atoms with Gasteiger partial charge in [0.2, 0.25) is 0 Å². The Hall–Kier alpha value is -1.85. The third-order valence-electron chi connectivity index (χ3n) is 8.62. The molecule has 2 saturated carbocycles. The van der Waals surface area contributed by atoms with Gasteiger partial charge in [-0.2, -0.15) is 0 Å². The molecule has 5 heteroatoms. The van der Waals surface area contributed by atoms with Gasteiger partial charge in [-0.05, 0) is 36.9 Å². The van der Waals surface area contributed by atoms with Gasteiger partial charge in [0.05, 0.1) is 24.3 Å². The van der Waals surface area contributed by atoms with E-state index in [1.807, 2.05) is 12.1 Å². The molecule has 1 saturated heterocycles. The Morgan fingerprint density at radius 2 is 2.15 bits per heavy atom. The summed E-state index contributed by atoms with van der Waals surface area (Å²) in [5.41, 5.74) is 1.16. The van der Waals surface area contributed by atoms with Gasteiger partial charge in [0.25, 0.3) is 0 Å². The van der Waals surface area contributed by atoms with Crippen LogP contribution in [-0.4, -0.2) is 47.9 Å². The van der Waals surface area contributed by atoms with Crippen LogP contribution in [0.25, 0.3) is 0 Å². The van der Waals surface area contributed by atoms with Gasteiger partial charge >= 0.3 is 5.97 Å². The molecule has 136 valence electrons. The summed E-state index contributed by atoms with van der Waals surface area (Å²) in [5.74, 6) is -0.337. The van der Waals surface area contributed by atoms with Crippen molar-refractivity contribution in [3.63, 3.8) is 0 Å². The fraction of sp³-hybridized carbons (Fsp3) is 0.571. The van der Waals surface area contributed by atoms with Crippen molar-refractivity contribution in [1.82, 2.24) is 4.90 Å². The van der Waals surface area contributed by atoms with Crippen LogP contribution in [0, 0.1) is 17.3 Å². The predicted octanol–water partition coefficient (Wildman–Crippen LogP) is 2.35. The second-order valence-corrected chi connectivity index (χ2v) is 8.79. The first-order valence-electron chi connectivity index (χ1n) is 9.64. The van der Waals surface area contributed by atoms with Crippen LogP contribution in [0.2, 0.25) is 0 Å². The number of hydrogen-bond acceptors (Lipinski definition) is 5. The minimum atomic E-state index is -0.627. The second-order valence-electron chi connectivity index (χ2n) is 8.79. The highest BCUT2D eigenvalue weighted by molar-refractivity contribution is 5.82. The molecule has 1 aromatic carbocycles. The molecule has 5 nitrogen and oxygen atoms in total. The Balaban J connectivity index is 1.73. The average Bonchev–Trinajstić information content (AvgIpc) is 3.31. The minimum absolute atomic E-state index is 0.0812. The molecule has 5 aliphatic rings. The molecule has 3 heterocycles. The van der Waals surface area contributed by atoms with E-state index < -0.39 is 5.54 Å². The Bertz CT molecular complexity index is 869. The summed E-state index contributed by atoms with van der Waals surface area (Å²) in [6.45, 7) is 4.22. The lowest BCUT2D eigenvalue weighted by Crippen LogP contribution is -2.65. The van der Waals surface area contributed by atoms with E-state index in [9.17, 15) is 10.0 Å². The van der Waals surface area contributed by atoms with Crippen LogP contribution in [0.1, 0.15) is 25.3 Å². The molecule has 2 aliphatic carbocycles. The molecule has 1 aromatic rings. The van der Waals surface area contributed by atoms with Crippen LogP contribution in [0.5, 0.6) is 0 Å². The largest absolute Gasteiger partial charge is 0.469 e. The molecule has 0 radical (unpaired) electrons. The number of esters is 1. The predicted molar refractivity (Wildman–Crippen MR) is 96.0 cm³/mol. The fourth-order valence-electron chi connectivity index (χ4n) is 8.12. The van der Waals surface area contributed by atoms with E-state index in [-0.39, 0.29) is 28.6 Å². The number of ether oxygens (including phenoxy) is 1. The maximum Gasteiger partial charge on any atom is 0.311 e. The number of hydrogen-bond donors (Lipinski definition) is 1. The monoisotopic (exact) mass is 352 g/mol. The molecule has 26 heavy (non-hydrogen) atoms. The van der Waals surface area contributed by atoms with Crippen molar-refractivity contribution in [2.75, 3.05) is 25.3 Å². The van der Waals surface area contributed by atoms with E-state index in [2.05, 4.69) is 36.1 Å². The van der Waals surface area contributed by atoms with Gasteiger partial charge < -0.3 is 4.74 Å². The maximum absolute atomic E-state index is 12.9. The Labute approximate surface area is 153 Å². The molecule has 6 rings (SSSR count). The highest BCUT2D eigenvalue weighted by Crippen LogP contribution is 2.80. The van der Waals surface area contributed by atoms with Gasteiger partial charge in [-0.25, -0.2) is 5.06 Å². The normalized spacial score (nSPS) is 47.0. The third kappa shape index (κ3) is 1.17. The van der Waals surface area contributed by atoms with E-state index in [1.54, 1.807) is 0 Å². The molecule has 0 unspecified atom stereocenters. The van der Waals surface area contributed by atoms with Crippen LogP contribution in [-0.2, 0) is 14.9 Å². The zero-order valence-corrected chi connectivity index (χ0v) is 15.2. The molecule has 3 aliphatic heterocycles. The van der Waals surface area contributed by atoms with E-state index in [1.165, 1.54) is 17.7 Å². The summed E-state index contributed by atoms with van der Waals surface area (Å²) >= 11 is 0. The number of methoxy groups -OCH3 is 1. The maximum atomic E-state index is 12.9. The standard InChI is InChI=1S/C21H24N2O3/c1-13-19-8-5-10-22-11-9-20(18(19)22)14-6-3-4-7-16(14)23(25)21(13,20)15(12-19)17(24)26-2/h3-8,13,15,18,25H,9-12H2,1-2H3/t13-,15-,18-,19-,20+,21+/m0/s1. The number of carbonyl (C=O) groups excluding carboxylic acids is 1. The molecule has 0 aromatic heterocycles. The van der Waals surface area contributed by atoms with Crippen molar-refractivity contribution in [2.45, 2.75) is 36.8 Å². The fourth-order valence-corrected chi connectivity index (χ4v) is 8.12. The summed E-state index contributed by atoms with van der Waals surface area (Å²) in [6.07, 6.45) is 6.37. The zero-order valence-electron chi connectivity index (χ0n) is 15.2. The number of carbonyl (C=O) groups is 1. The lowest BCUT2D eigenvalue weighted by molar-refractivity contribution is -0.151. The van der Waals surface area contributed by atoms with Crippen molar-refractivity contribution in [2.24, 2.45) is 17.3 Å². The van der Waals surface area contributed by atoms with Crippen molar-refractivity contribution >= 4 is 11.7 Å². The number of hydroxylamine groups is 1. The minimum Gasteiger partial charge on any atom is -0.469 e. The van der Waals surface area contributed by atoms with Crippen LogP contribution >= 0.6 is 0 Å². The Morgan fingerprint density at radius 3 is 2.96 bits per heavy atom. The van der Waals surface area contributed by atoms with Crippen molar-refractivity contribution in [3.05, 3.63) is 42.0 Å². The lowest BCUT2D eigenvalue weighted by Gasteiger charge is -2.51. The SMILES string of the molecule is COC(=O)[C@@H]1C[C@@]23C=CCN4CC[C@@]5(c6ccccc6N(O)[C@]15[C@H]2C)[C@@H]43. The first kappa shape index (κ1) is 15.2. The van der Waals surface area contributed by atoms with Crippen molar-refractivity contribution in [3.8, 4) is 0 Å². The number of para-hydroxylation sites is 1. The second kappa shape index (κ2) is 4.34. The van der Waals surface area contributed by atoms with Crippen LogP contribution in [0.3, 0.4) is 0 Å². The van der Waals surface area contributed by atoms with Gasteiger partial charge in [0.15, 0.2) is 0 Å². The quantitative estimate of drug-likeness (QED) is 0.621. The molecule has 1 N–H and O–H groups in total. The van der Waals surface area contributed by atoms with E-state index in [4.69, 9.17) is 4.74 Å². The number of benzene rings is 1. The number of nitrogens with zero attached hydrogens (tertiary/aromatic N) is 2. The van der Waals surface area contributed by atoms with Crippen LogP contribution in [0.4, 0.5) is 5.69 Å². The highest BCUT2D eigenvalue weighted by Gasteiger charge is 2.88. The zero-order chi connectivity index (χ0) is 17.9. The Morgan fingerprint density at radius 1 is 1.35 bits per heavy atom. The first-order chi connectivity index (χ1) is 12.6. The lowest BCUT2D eigenvalue weighted by atomic mass is 9.57. The third-order valence-corrected chi connectivity index (χ3v) is 8.62. The van der Waals surface area contributed by atoms with Gasteiger partial charge in [0, 0.05) is 23.4 Å². The molecular formula is C21H24N2O3. The molecule has 0 amide bonds. The topological polar surface area (TPSA) is 53.0 Å². The number of anilines is 1. The smallest absolute Gasteiger partial charge is 0.311 e. The number of rotatable bonds is 1. The average molecular weight is 352 g/mol. The molecule has 3 spiro atoms. The van der Waals surface area contributed by atoms with Gasteiger partial charge in [-0.15, -0.1) is 0 Å². The number of fused-ring (bicyclic) bond motifs is 1. The van der Waals surface area contributed by atoms with E-state index in [0.29, 0.717) is 6.04 Å². The summed E-state index contributed by atoms with van der Waals surface area (Å²) in [7, 11) is 1.47. The van der Waals surface area contributed by atoms with Crippen LogP contribution < -0.4 is 5.06 Å². The van der Waals surface area contributed by atoms with Gasteiger partial charge in [0.1, 0.15) is 0 Å².